The number of ether oxygens (including phenoxy) is 1. The van der Waals surface area contributed by atoms with E-state index in [0.717, 1.165) is 44.3 Å². The number of benzene rings is 1. The first kappa shape index (κ1) is 17.0. The van der Waals surface area contributed by atoms with Gasteiger partial charge in [0.05, 0.1) is 11.2 Å². The minimum atomic E-state index is 0.358. The van der Waals surface area contributed by atoms with Crippen LogP contribution in [0, 0.1) is 5.92 Å². The second-order valence-corrected chi connectivity index (χ2v) is 7.80. The maximum absolute atomic E-state index is 5.69. The van der Waals surface area contributed by atoms with Crippen LogP contribution in [0.5, 0.6) is 0 Å². The van der Waals surface area contributed by atoms with Crippen molar-refractivity contribution in [3.63, 3.8) is 0 Å². The Morgan fingerprint density at radius 3 is 2.88 bits per heavy atom. The third kappa shape index (κ3) is 3.43. The first-order valence-corrected chi connectivity index (χ1v) is 9.54. The highest BCUT2D eigenvalue weighted by Gasteiger charge is 2.49. The molecule has 3 heterocycles. The fraction of sp³-hybridized carbons (Fsp3) is 0.571. The Morgan fingerprint density at radius 2 is 2.04 bits per heavy atom. The van der Waals surface area contributed by atoms with Crippen molar-refractivity contribution in [3.8, 4) is 0 Å². The Bertz CT molecular complexity index is 724. The zero-order valence-corrected chi connectivity index (χ0v) is 15.4. The van der Waals surface area contributed by atoms with E-state index < -0.39 is 0 Å². The van der Waals surface area contributed by atoms with Crippen LogP contribution in [0.1, 0.15) is 25.5 Å². The molecule has 134 valence electrons. The molecule has 1 atom stereocenters. The Labute approximate surface area is 150 Å². The maximum atomic E-state index is 5.69. The number of hydrogen-bond donors (Lipinski definition) is 0. The lowest BCUT2D eigenvalue weighted by atomic mass is 9.75. The standard InChI is InChI=1S/C21H29N3O/c1-3-25-14-17-10-11-23(2)21(12-17)15-24(16-21)13-19-9-8-18-6-4-5-7-20(18)22-19/h4-9,17H,3,10-16H2,1-2H3/t17-/m1/s1. The van der Waals surface area contributed by atoms with Gasteiger partial charge in [-0.3, -0.25) is 14.8 Å². The fourth-order valence-electron chi connectivity index (χ4n) is 4.53. The van der Waals surface area contributed by atoms with E-state index in [9.17, 15) is 0 Å². The van der Waals surface area contributed by atoms with Gasteiger partial charge in [-0.1, -0.05) is 24.3 Å². The lowest BCUT2D eigenvalue weighted by Crippen LogP contribution is -2.71. The summed E-state index contributed by atoms with van der Waals surface area (Å²) in [5.74, 6) is 0.720. The van der Waals surface area contributed by atoms with Crippen LogP contribution in [-0.2, 0) is 11.3 Å². The van der Waals surface area contributed by atoms with E-state index in [1.54, 1.807) is 0 Å². The largest absolute Gasteiger partial charge is 0.381 e. The van der Waals surface area contributed by atoms with Gasteiger partial charge in [0, 0.05) is 43.8 Å². The second-order valence-electron chi connectivity index (χ2n) is 7.80. The van der Waals surface area contributed by atoms with E-state index in [1.807, 2.05) is 0 Å². The third-order valence-corrected chi connectivity index (χ3v) is 5.99. The van der Waals surface area contributed by atoms with Crippen LogP contribution in [0.15, 0.2) is 36.4 Å². The molecule has 0 amide bonds. The number of piperidine rings is 1. The van der Waals surface area contributed by atoms with Gasteiger partial charge in [-0.2, -0.15) is 0 Å². The van der Waals surface area contributed by atoms with Gasteiger partial charge in [0.15, 0.2) is 0 Å². The third-order valence-electron chi connectivity index (χ3n) is 5.99. The first-order chi connectivity index (χ1) is 12.2. The molecular weight excluding hydrogens is 310 g/mol. The number of likely N-dealkylation sites (N-methyl/N-ethyl adjacent to an activating group) is 1. The smallest absolute Gasteiger partial charge is 0.0705 e. The molecule has 2 saturated heterocycles. The minimum Gasteiger partial charge on any atom is -0.381 e. The van der Waals surface area contributed by atoms with Gasteiger partial charge in [0.1, 0.15) is 0 Å². The summed E-state index contributed by atoms with van der Waals surface area (Å²) in [6.07, 6.45) is 2.54. The lowest BCUT2D eigenvalue weighted by molar-refractivity contribution is -0.0925. The number of aromatic nitrogens is 1. The number of likely N-dealkylation sites (tertiary alicyclic amines) is 2. The van der Waals surface area contributed by atoms with Crippen molar-refractivity contribution < 1.29 is 4.74 Å². The Kier molecular flexibility index (Phi) is 4.76. The van der Waals surface area contributed by atoms with Crippen LogP contribution in [0.2, 0.25) is 0 Å². The van der Waals surface area contributed by atoms with Gasteiger partial charge >= 0.3 is 0 Å². The van der Waals surface area contributed by atoms with Crippen molar-refractivity contribution in [2.45, 2.75) is 31.8 Å². The van der Waals surface area contributed by atoms with Crippen molar-refractivity contribution in [3.05, 3.63) is 42.1 Å². The summed E-state index contributed by atoms with van der Waals surface area (Å²) < 4.78 is 5.69. The Morgan fingerprint density at radius 1 is 1.20 bits per heavy atom. The predicted molar refractivity (Wildman–Crippen MR) is 102 cm³/mol. The van der Waals surface area contributed by atoms with Gasteiger partial charge in [-0.15, -0.1) is 0 Å². The van der Waals surface area contributed by atoms with Crippen LogP contribution < -0.4 is 0 Å². The van der Waals surface area contributed by atoms with Crippen LogP contribution in [0.3, 0.4) is 0 Å². The topological polar surface area (TPSA) is 28.6 Å². The fourth-order valence-corrected chi connectivity index (χ4v) is 4.53. The number of nitrogens with zero attached hydrogens (tertiary/aromatic N) is 3. The number of rotatable bonds is 5. The highest BCUT2D eigenvalue weighted by atomic mass is 16.5. The summed E-state index contributed by atoms with van der Waals surface area (Å²) in [5, 5.41) is 1.22. The number of hydrogen-bond acceptors (Lipinski definition) is 4. The predicted octanol–water partition coefficient (Wildman–Crippen LogP) is 3.17. The molecule has 0 N–H and O–H groups in total. The molecule has 0 aliphatic carbocycles. The van der Waals surface area contributed by atoms with E-state index in [0.29, 0.717) is 5.54 Å². The van der Waals surface area contributed by atoms with Gasteiger partial charge < -0.3 is 4.74 Å². The summed E-state index contributed by atoms with van der Waals surface area (Å²) >= 11 is 0. The van der Waals surface area contributed by atoms with Crippen LogP contribution in [-0.4, -0.2) is 60.2 Å². The van der Waals surface area contributed by atoms with E-state index in [2.05, 4.69) is 60.2 Å². The van der Waals surface area contributed by atoms with Crippen molar-refractivity contribution in [1.29, 1.82) is 0 Å². The highest BCUT2D eigenvalue weighted by Crippen LogP contribution is 2.38. The first-order valence-electron chi connectivity index (χ1n) is 9.54. The monoisotopic (exact) mass is 339 g/mol. The molecule has 4 rings (SSSR count). The van der Waals surface area contributed by atoms with Crippen molar-refractivity contribution >= 4 is 10.9 Å². The summed E-state index contributed by atoms with van der Waals surface area (Å²) in [4.78, 5) is 9.95. The molecular formula is C21H29N3O. The average molecular weight is 339 g/mol. The molecule has 0 saturated carbocycles. The number of pyridine rings is 1. The number of fused-ring (bicyclic) bond motifs is 1. The SMILES string of the molecule is CCOC[C@@H]1CCN(C)C2(C1)CN(Cc1ccc3ccccc3n1)C2. The molecule has 0 radical (unpaired) electrons. The van der Waals surface area contributed by atoms with E-state index >= 15 is 0 Å². The molecule has 4 nitrogen and oxygen atoms in total. The summed E-state index contributed by atoms with van der Waals surface area (Å²) in [7, 11) is 2.29. The summed E-state index contributed by atoms with van der Waals surface area (Å²) in [6, 6.07) is 12.7. The quantitative estimate of drug-likeness (QED) is 0.837. The van der Waals surface area contributed by atoms with Gasteiger partial charge in [0.2, 0.25) is 0 Å². The Hall–Kier alpha value is -1.49. The normalized spacial score (nSPS) is 23.8. The van der Waals surface area contributed by atoms with Gasteiger partial charge in [-0.25, -0.2) is 0 Å². The maximum Gasteiger partial charge on any atom is 0.0705 e. The lowest BCUT2D eigenvalue weighted by Gasteiger charge is -2.58. The zero-order chi connectivity index (χ0) is 17.3. The molecule has 2 aliphatic rings. The average Bonchev–Trinajstić information content (AvgIpc) is 2.61. The van der Waals surface area contributed by atoms with E-state index in [1.165, 1.54) is 30.5 Å². The molecule has 2 aliphatic heterocycles. The molecule has 25 heavy (non-hydrogen) atoms. The summed E-state index contributed by atoms with van der Waals surface area (Å²) in [5.41, 5.74) is 2.64. The molecule has 1 aromatic carbocycles. The van der Waals surface area contributed by atoms with Crippen molar-refractivity contribution in [2.24, 2.45) is 5.92 Å². The second kappa shape index (κ2) is 7.02. The molecule has 0 unspecified atom stereocenters. The van der Waals surface area contributed by atoms with Crippen LogP contribution in [0.4, 0.5) is 0 Å². The minimum absolute atomic E-state index is 0.358. The molecule has 2 fully saturated rings. The van der Waals surface area contributed by atoms with E-state index in [4.69, 9.17) is 9.72 Å². The van der Waals surface area contributed by atoms with Crippen LogP contribution in [0.25, 0.3) is 10.9 Å². The summed E-state index contributed by atoms with van der Waals surface area (Å²) in [6.45, 7) is 8.31. The molecule has 0 bridgehead atoms. The Balaban J connectivity index is 1.38. The molecule has 2 aromatic rings. The van der Waals surface area contributed by atoms with Gasteiger partial charge in [0.25, 0.3) is 0 Å². The highest BCUT2D eigenvalue weighted by molar-refractivity contribution is 5.78. The molecule has 1 spiro atoms. The van der Waals surface area contributed by atoms with Crippen LogP contribution >= 0.6 is 0 Å². The van der Waals surface area contributed by atoms with Crippen molar-refractivity contribution in [1.82, 2.24) is 14.8 Å². The van der Waals surface area contributed by atoms with Crippen molar-refractivity contribution in [2.75, 3.05) is 39.9 Å². The van der Waals surface area contributed by atoms with E-state index in [-0.39, 0.29) is 0 Å². The number of para-hydroxylation sites is 1. The van der Waals surface area contributed by atoms with Gasteiger partial charge in [-0.05, 0) is 51.4 Å². The molecule has 4 heteroatoms. The molecule has 1 aromatic heterocycles. The zero-order valence-electron chi connectivity index (χ0n) is 15.4.